The highest BCUT2D eigenvalue weighted by molar-refractivity contribution is 8.26. The lowest BCUT2D eigenvalue weighted by molar-refractivity contribution is -0.121. The smallest absolute Gasteiger partial charge is 0.265 e. The summed E-state index contributed by atoms with van der Waals surface area (Å²) in [6, 6.07) is 7.41. The molecule has 2 aliphatic rings. The summed E-state index contributed by atoms with van der Waals surface area (Å²) in [5.41, 5.74) is 1.50. The lowest BCUT2D eigenvalue weighted by atomic mass is 9.98. The summed E-state index contributed by atoms with van der Waals surface area (Å²) < 4.78 is 0.549. The molecule has 138 valence electrons. The molecule has 1 aromatic rings. The van der Waals surface area contributed by atoms with Gasteiger partial charge in [0.25, 0.3) is 11.8 Å². The van der Waals surface area contributed by atoms with Gasteiger partial charge in [-0.15, -0.1) is 0 Å². The quantitative estimate of drug-likeness (QED) is 0.633. The Morgan fingerprint density at radius 1 is 1.35 bits per heavy atom. The third-order valence-corrected chi connectivity index (χ3v) is 6.28. The second-order valence-corrected chi connectivity index (χ2v) is 8.20. The number of amides is 2. The number of thioether (sulfide) groups is 1. The Labute approximate surface area is 163 Å². The molecule has 3 rings (SSSR count). The fraction of sp³-hybridized carbons (Fsp3) is 0.421. The van der Waals surface area contributed by atoms with Gasteiger partial charge in [-0.3, -0.25) is 14.5 Å². The summed E-state index contributed by atoms with van der Waals surface area (Å²) in [5, 5.41) is 9.23. The Kier molecular flexibility index (Phi) is 6.11. The maximum absolute atomic E-state index is 12.8. The van der Waals surface area contributed by atoms with Crippen molar-refractivity contribution in [3.05, 3.63) is 40.3 Å². The lowest BCUT2D eigenvalue weighted by Crippen LogP contribution is -2.44. The van der Waals surface area contributed by atoms with Crippen molar-refractivity contribution in [3.8, 4) is 0 Å². The topological polar surface area (TPSA) is 60.9 Å². The Hall–Kier alpha value is -1.70. The fourth-order valence-corrected chi connectivity index (χ4v) is 4.48. The van der Waals surface area contributed by atoms with Crippen LogP contribution in [0.5, 0.6) is 0 Å². The first-order valence-electron chi connectivity index (χ1n) is 8.74. The number of hydrogen-bond donors (Lipinski definition) is 1. The van der Waals surface area contributed by atoms with Crippen molar-refractivity contribution in [2.45, 2.75) is 31.7 Å². The lowest BCUT2D eigenvalue weighted by Gasteiger charge is -2.35. The minimum atomic E-state index is -0.0969. The van der Waals surface area contributed by atoms with Crippen LogP contribution < -0.4 is 0 Å². The second-order valence-electron chi connectivity index (χ2n) is 6.52. The molecular formula is C19H22N2O3S2. The Balaban J connectivity index is 1.74. The highest BCUT2D eigenvalue weighted by Crippen LogP contribution is 2.31. The number of benzene rings is 1. The van der Waals surface area contributed by atoms with Crippen LogP contribution in [0.1, 0.15) is 41.6 Å². The number of hydrogen-bond acceptors (Lipinski definition) is 5. The first-order valence-corrected chi connectivity index (χ1v) is 9.97. The Morgan fingerprint density at radius 3 is 2.69 bits per heavy atom. The molecule has 2 heterocycles. The molecule has 0 unspecified atom stereocenters. The highest BCUT2D eigenvalue weighted by atomic mass is 32.2. The number of aliphatic hydroxyl groups excluding tert-OH is 1. The standard InChI is InChI=1S/C19H22N2O3S2/c1-20-18(24)16(26-19(20)25)12-13-5-7-14(8-6-13)17(23)21-10-3-2-4-15(21)9-11-22/h5-8,12,15,22H,2-4,9-11H2,1H3/b16-12+/t15-/m0/s1. The van der Waals surface area contributed by atoms with E-state index in [1.165, 1.54) is 16.7 Å². The predicted octanol–water partition coefficient (Wildman–Crippen LogP) is 2.89. The molecule has 7 heteroatoms. The van der Waals surface area contributed by atoms with Crippen molar-refractivity contribution < 1.29 is 14.7 Å². The van der Waals surface area contributed by atoms with Gasteiger partial charge in [0.15, 0.2) is 0 Å². The van der Waals surface area contributed by atoms with Crippen molar-refractivity contribution in [2.24, 2.45) is 0 Å². The number of likely N-dealkylation sites (N-methyl/N-ethyl adjacent to an activating group) is 1. The van der Waals surface area contributed by atoms with E-state index in [2.05, 4.69) is 0 Å². The van der Waals surface area contributed by atoms with Gasteiger partial charge in [0.1, 0.15) is 4.32 Å². The number of carbonyl (C=O) groups is 2. The van der Waals surface area contributed by atoms with Crippen LogP contribution in [-0.4, -0.2) is 57.3 Å². The van der Waals surface area contributed by atoms with E-state index in [4.69, 9.17) is 12.2 Å². The van der Waals surface area contributed by atoms with Crippen molar-refractivity contribution >= 4 is 46.2 Å². The molecule has 2 fully saturated rings. The Bertz CT molecular complexity index is 744. The van der Waals surface area contributed by atoms with Crippen molar-refractivity contribution in [1.29, 1.82) is 0 Å². The molecule has 0 aromatic heterocycles. The number of aliphatic hydroxyl groups is 1. The minimum absolute atomic E-state index is 0.00887. The summed E-state index contributed by atoms with van der Waals surface area (Å²) in [4.78, 5) is 28.8. The number of carbonyl (C=O) groups excluding carboxylic acids is 2. The molecule has 2 saturated heterocycles. The van der Waals surface area contributed by atoms with Crippen LogP contribution in [0.15, 0.2) is 29.2 Å². The van der Waals surface area contributed by atoms with E-state index in [9.17, 15) is 14.7 Å². The molecule has 1 aromatic carbocycles. The number of thiocarbonyl (C=S) groups is 1. The van der Waals surface area contributed by atoms with E-state index in [1.807, 2.05) is 17.0 Å². The number of nitrogens with zero attached hydrogens (tertiary/aromatic N) is 2. The zero-order chi connectivity index (χ0) is 18.7. The van der Waals surface area contributed by atoms with Crippen molar-refractivity contribution in [2.75, 3.05) is 20.2 Å². The molecule has 26 heavy (non-hydrogen) atoms. The summed E-state index contributed by atoms with van der Waals surface area (Å²) in [6.07, 6.45) is 5.48. The van der Waals surface area contributed by atoms with E-state index in [0.29, 0.717) is 21.2 Å². The van der Waals surface area contributed by atoms with E-state index in [0.717, 1.165) is 31.4 Å². The van der Waals surface area contributed by atoms with Gasteiger partial charge in [0.2, 0.25) is 0 Å². The monoisotopic (exact) mass is 390 g/mol. The zero-order valence-corrected chi connectivity index (χ0v) is 16.3. The maximum Gasteiger partial charge on any atom is 0.265 e. The van der Waals surface area contributed by atoms with Gasteiger partial charge >= 0.3 is 0 Å². The van der Waals surface area contributed by atoms with Gasteiger partial charge in [0, 0.05) is 31.8 Å². The first kappa shape index (κ1) is 19.1. The molecule has 2 aliphatic heterocycles. The number of rotatable bonds is 4. The molecule has 0 spiro atoms. The second kappa shape index (κ2) is 8.33. The molecule has 2 amide bonds. The SMILES string of the molecule is CN1C(=O)/C(=C\c2ccc(C(=O)N3CCCC[C@H]3CCO)cc2)SC1=S. The summed E-state index contributed by atoms with van der Waals surface area (Å²) in [7, 11) is 1.67. The highest BCUT2D eigenvalue weighted by Gasteiger charge is 2.29. The third kappa shape index (κ3) is 4.00. The number of piperidine rings is 1. The van der Waals surface area contributed by atoms with Gasteiger partial charge < -0.3 is 10.0 Å². The molecule has 1 N–H and O–H groups in total. The average Bonchev–Trinajstić information content (AvgIpc) is 2.89. The van der Waals surface area contributed by atoms with Crippen LogP contribution in [-0.2, 0) is 4.79 Å². The van der Waals surface area contributed by atoms with Crippen LogP contribution >= 0.6 is 24.0 Å². The van der Waals surface area contributed by atoms with E-state index in [-0.39, 0.29) is 24.5 Å². The van der Waals surface area contributed by atoms with E-state index in [1.54, 1.807) is 25.3 Å². The molecule has 1 atom stereocenters. The third-order valence-electron chi connectivity index (χ3n) is 4.79. The van der Waals surface area contributed by atoms with Gasteiger partial charge in [-0.1, -0.05) is 36.1 Å². The fourth-order valence-electron chi connectivity index (χ4n) is 3.30. The summed E-state index contributed by atoms with van der Waals surface area (Å²) in [5.74, 6) is -0.0881. The molecule has 5 nitrogen and oxygen atoms in total. The summed E-state index contributed by atoms with van der Waals surface area (Å²) in [6.45, 7) is 0.840. The van der Waals surface area contributed by atoms with Gasteiger partial charge in [-0.25, -0.2) is 0 Å². The van der Waals surface area contributed by atoms with Crippen LogP contribution in [0.3, 0.4) is 0 Å². The van der Waals surface area contributed by atoms with Crippen molar-refractivity contribution in [1.82, 2.24) is 9.80 Å². The summed E-state index contributed by atoms with van der Waals surface area (Å²) >= 11 is 6.42. The largest absolute Gasteiger partial charge is 0.396 e. The Morgan fingerprint density at radius 2 is 2.08 bits per heavy atom. The molecule has 0 saturated carbocycles. The van der Waals surface area contributed by atoms with Crippen molar-refractivity contribution in [3.63, 3.8) is 0 Å². The van der Waals surface area contributed by atoms with E-state index < -0.39 is 0 Å². The molecule has 0 radical (unpaired) electrons. The maximum atomic E-state index is 12.8. The van der Waals surface area contributed by atoms with Crippen LogP contribution in [0, 0.1) is 0 Å². The average molecular weight is 391 g/mol. The van der Waals surface area contributed by atoms with Gasteiger partial charge in [-0.2, -0.15) is 0 Å². The van der Waals surface area contributed by atoms with Crippen LogP contribution in [0.25, 0.3) is 6.08 Å². The molecule has 0 bridgehead atoms. The molecule has 0 aliphatic carbocycles. The minimum Gasteiger partial charge on any atom is -0.396 e. The number of likely N-dealkylation sites (tertiary alicyclic amines) is 1. The van der Waals surface area contributed by atoms with E-state index >= 15 is 0 Å². The normalized spacial score (nSPS) is 22.4. The zero-order valence-electron chi connectivity index (χ0n) is 14.7. The van der Waals surface area contributed by atoms with Crippen LogP contribution in [0.2, 0.25) is 0 Å². The van der Waals surface area contributed by atoms with Gasteiger partial charge in [-0.05, 0) is 49.5 Å². The molecular weight excluding hydrogens is 368 g/mol. The van der Waals surface area contributed by atoms with Gasteiger partial charge in [0.05, 0.1) is 4.91 Å². The first-order chi connectivity index (χ1) is 12.5. The van der Waals surface area contributed by atoms with Crippen LogP contribution in [0.4, 0.5) is 0 Å². The predicted molar refractivity (Wildman–Crippen MR) is 108 cm³/mol.